The average molecular weight is 259 g/mol. The number of halogens is 1. The fourth-order valence-electron chi connectivity index (χ4n) is 2.30. The second-order valence-corrected chi connectivity index (χ2v) is 5.06. The summed E-state index contributed by atoms with van der Waals surface area (Å²) in [5.41, 5.74) is 0. The Morgan fingerprint density at radius 2 is 2.43 bits per heavy atom. The molecule has 1 saturated heterocycles. The van der Waals surface area contributed by atoms with Gasteiger partial charge in [-0.25, -0.2) is 0 Å². The summed E-state index contributed by atoms with van der Waals surface area (Å²) in [6.07, 6.45) is 6.63. The van der Waals surface area contributed by atoms with Crippen molar-refractivity contribution in [3.63, 3.8) is 0 Å². The molecule has 1 aliphatic carbocycles. The van der Waals surface area contributed by atoms with Gasteiger partial charge in [0.05, 0.1) is 5.92 Å². The van der Waals surface area contributed by atoms with Crippen LogP contribution in [0.3, 0.4) is 0 Å². The molecule has 0 saturated carbocycles. The molecule has 0 aromatic carbocycles. The molecule has 78 valence electrons. The molecule has 0 spiro atoms. The van der Waals surface area contributed by atoms with Gasteiger partial charge in [-0.15, -0.1) is 0 Å². The first-order valence-corrected chi connectivity index (χ1v) is 6.09. The maximum absolute atomic E-state index is 11.5. The summed E-state index contributed by atoms with van der Waals surface area (Å²) in [6, 6.07) is 0. The van der Waals surface area contributed by atoms with E-state index in [0.717, 1.165) is 17.3 Å². The van der Waals surface area contributed by atoms with Gasteiger partial charge in [-0.2, -0.15) is 0 Å². The predicted octanol–water partition coefficient (Wildman–Crippen LogP) is 3.02. The Kier molecular flexibility index (Phi) is 2.96. The van der Waals surface area contributed by atoms with Crippen molar-refractivity contribution in [1.82, 2.24) is 0 Å². The molecular formula is C11H15BrO2. The van der Waals surface area contributed by atoms with Crippen LogP contribution in [0.5, 0.6) is 0 Å². The molecule has 0 unspecified atom stereocenters. The molecule has 3 atom stereocenters. The van der Waals surface area contributed by atoms with Crippen molar-refractivity contribution < 1.29 is 9.53 Å². The lowest BCUT2D eigenvalue weighted by molar-refractivity contribution is -0.161. The third-order valence-corrected chi connectivity index (χ3v) is 3.91. The van der Waals surface area contributed by atoms with Gasteiger partial charge < -0.3 is 4.74 Å². The van der Waals surface area contributed by atoms with Crippen LogP contribution in [-0.2, 0) is 9.53 Å². The van der Waals surface area contributed by atoms with Crippen LogP contribution in [0.25, 0.3) is 0 Å². The van der Waals surface area contributed by atoms with E-state index in [-0.39, 0.29) is 18.0 Å². The van der Waals surface area contributed by atoms with Crippen LogP contribution in [0.2, 0.25) is 0 Å². The normalized spacial score (nSPS) is 35.4. The molecule has 0 N–H and O–H groups in total. The van der Waals surface area contributed by atoms with Crippen molar-refractivity contribution in [3.8, 4) is 0 Å². The van der Waals surface area contributed by atoms with Gasteiger partial charge in [0.25, 0.3) is 0 Å². The van der Waals surface area contributed by atoms with Crippen LogP contribution in [-0.4, -0.2) is 12.1 Å². The minimum Gasteiger partial charge on any atom is -0.456 e. The fraction of sp³-hybridized carbons (Fsp3) is 0.727. The topological polar surface area (TPSA) is 26.3 Å². The molecule has 3 rings (SSSR count). The lowest BCUT2D eigenvalue weighted by Gasteiger charge is -2.38. The molecule has 14 heavy (non-hydrogen) atoms. The van der Waals surface area contributed by atoms with Crippen LogP contribution >= 0.6 is 15.9 Å². The van der Waals surface area contributed by atoms with Gasteiger partial charge in [0.15, 0.2) is 0 Å². The zero-order chi connectivity index (χ0) is 10.1. The summed E-state index contributed by atoms with van der Waals surface area (Å²) in [5, 5.41) is 0. The van der Waals surface area contributed by atoms with Crippen LogP contribution < -0.4 is 0 Å². The number of rotatable bonds is 3. The lowest BCUT2D eigenvalue weighted by atomic mass is 9.77. The molecule has 2 heterocycles. The molecule has 2 aliphatic heterocycles. The second-order valence-electron chi connectivity index (χ2n) is 4.14. The number of ether oxygens (including phenoxy) is 1. The number of hydrogen-bond acceptors (Lipinski definition) is 2. The number of esters is 1. The third-order valence-electron chi connectivity index (χ3n) is 3.13. The van der Waals surface area contributed by atoms with E-state index in [9.17, 15) is 4.79 Å². The van der Waals surface area contributed by atoms with Crippen LogP contribution in [0.1, 0.15) is 32.6 Å². The Morgan fingerprint density at radius 1 is 1.64 bits per heavy atom. The highest BCUT2D eigenvalue weighted by Gasteiger charge is 2.42. The molecule has 2 nitrogen and oxygen atoms in total. The summed E-state index contributed by atoms with van der Waals surface area (Å²) in [6.45, 7) is 2.19. The highest BCUT2D eigenvalue weighted by molar-refractivity contribution is 9.11. The maximum Gasteiger partial charge on any atom is 0.313 e. The Morgan fingerprint density at radius 3 is 3.07 bits per heavy atom. The summed E-state index contributed by atoms with van der Waals surface area (Å²) in [4.78, 5) is 11.5. The number of carbonyl (C=O) groups is 1. The van der Waals surface area contributed by atoms with Crippen molar-refractivity contribution in [2.45, 2.75) is 38.7 Å². The Bertz CT molecular complexity index is 272. The summed E-state index contributed by atoms with van der Waals surface area (Å²) in [7, 11) is 0. The molecule has 0 aromatic rings. The van der Waals surface area contributed by atoms with Gasteiger partial charge in [-0.1, -0.05) is 41.8 Å². The van der Waals surface area contributed by atoms with Gasteiger partial charge in [-0.3, -0.25) is 4.79 Å². The Balaban J connectivity index is 2.07. The van der Waals surface area contributed by atoms with Gasteiger partial charge in [0, 0.05) is 4.48 Å². The van der Waals surface area contributed by atoms with Gasteiger partial charge in [0.2, 0.25) is 0 Å². The summed E-state index contributed by atoms with van der Waals surface area (Å²) in [5.74, 6) is 0.508. The summed E-state index contributed by atoms with van der Waals surface area (Å²) >= 11 is 3.45. The highest BCUT2D eigenvalue weighted by Crippen LogP contribution is 2.41. The van der Waals surface area contributed by atoms with Crippen LogP contribution in [0.15, 0.2) is 10.6 Å². The zero-order valence-corrected chi connectivity index (χ0v) is 9.92. The van der Waals surface area contributed by atoms with Crippen LogP contribution in [0.4, 0.5) is 0 Å². The van der Waals surface area contributed by atoms with Gasteiger partial charge in [0.1, 0.15) is 6.10 Å². The fourth-order valence-corrected chi connectivity index (χ4v) is 2.86. The van der Waals surface area contributed by atoms with E-state index in [4.69, 9.17) is 4.74 Å². The molecule has 1 fully saturated rings. The quantitative estimate of drug-likeness (QED) is 0.728. The minimum atomic E-state index is -0.0226. The summed E-state index contributed by atoms with van der Waals surface area (Å²) < 4.78 is 6.32. The first-order chi connectivity index (χ1) is 6.72. The van der Waals surface area contributed by atoms with Crippen molar-refractivity contribution in [1.29, 1.82) is 0 Å². The highest BCUT2D eigenvalue weighted by atomic mass is 79.9. The van der Waals surface area contributed by atoms with E-state index in [0.29, 0.717) is 5.92 Å². The second kappa shape index (κ2) is 4.05. The molecule has 0 amide bonds. The SMILES string of the molecule is CCCC[C@@H]1C[C@H]2OC(=O)[C@@H]1C=C2Br. The van der Waals surface area contributed by atoms with Crippen LogP contribution in [0, 0.1) is 11.8 Å². The first-order valence-electron chi connectivity index (χ1n) is 5.30. The monoisotopic (exact) mass is 258 g/mol. The van der Waals surface area contributed by atoms with Crippen molar-refractivity contribution in [2.75, 3.05) is 0 Å². The standard InChI is InChI=1S/C11H15BrO2/c1-2-3-4-7-5-10-9(12)6-8(7)11(13)14-10/h6-8,10H,2-5H2,1H3/t7-,8-,10-/m1/s1. The molecule has 3 heteroatoms. The average Bonchev–Trinajstić information content (AvgIpc) is 2.17. The van der Waals surface area contributed by atoms with Gasteiger partial charge >= 0.3 is 5.97 Å². The smallest absolute Gasteiger partial charge is 0.313 e. The largest absolute Gasteiger partial charge is 0.456 e. The van der Waals surface area contributed by atoms with E-state index in [1.165, 1.54) is 12.8 Å². The lowest BCUT2D eigenvalue weighted by Crippen LogP contribution is -2.41. The number of hydrogen-bond donors (Lipinski definition) is 0. The third kappa shape index (κ3) is 1.74. The number of carbonyl (C=O) groups excluding carboxylic acids is 1. The van der Waals surface area contributed by atoms with Gasteiger partial charge in [-0.05, 0) is 18.8 Å². The van der Waals surface area contributed by atoms with Crippen molar-refractivity contribution in [3.05, 3.63) is 10.6 Å². The zero-order valence-electron chi connectivity index (χ0n) is 8.33. The van der Waals surface area contributed by atoms with E-state index < -0.39 is 0 Å². The maximum atomic E-state index is 11.5. The molecule has 0 aromatic heterocycles. The molecule has 2 bridgehead atoms. The van der Waals surface area contributed by atoms with E-state index in [1.54, 1.807) is 0 Å². The molecule has 0 radical (unpaired) electrons. The number of fused-ring (bicyclic) bond motifs is 2. The van der Waals surface area contributed by atoms with E-state index >= 15 is 0 Å². The number of unbranched alkanes of at least 4 members (excludes halogenated alkanes) is 1. The molecule has 3 aliphatic rings. The molecular weight excluding hydrogens is 244 g/mol. The Labute approximate surface area is 92.8 Å². The first kappa shape index (κ1) is 10.2. The predicted molar refractivity (Wildman–Crippen MR) is 58.0 cm³/mol. The van der Waals surface area contributed by atoms with Crippen molar-refractivity contribution in [2.24, 2.45) is 11.8 Å². The van der Waals surface area contributed by atoms with E-state index in [2.05, 4.69) is 22.9 Å². The van der Waals surface area contributed by atoms with Crippen molar-refractivity contribution >= 4 is 21.9 Å². The van der Waals surface area contributed by atoms with E-state index in [1.807, 2.05) is 6.08 Å². The minimum absolute atomic E-state index is 0.00866. The Hall–Kier alpha value is -0.310.